The third-order valence-corrected chi connectivity index (χ3v) is 3.74. The van der Waals surface area contributed by atoms with Crippen LogP contribution in [0.5, 0.6) is 0 Å². The van der Waals surface area contributed by atoms with Crippen molar-refractivity contribution in [3.8, 4) is 0 Å². The molecule has 5 heteroatoms. The second-order valence-electron chi connectivity index (χ2n) is 8.01. The molecule has 0 spiro atoms. The Kier molecular flexibility index (Phi) is 6.05. The summed E-state index contributed by atoms with van der Waals surface area (Å²) in [5.74, 6) is 0. The minimum Gasteiger partial charge on any atom is -0.444 e. The first-order valence-corrected chi connectivity index (χ1v) is 7.88. The van der Waals surface area contributed by atoms with E-state index in [1.165, 1.54) is 0 Å². The van der Waals surface area contributed by atoms with Crippen LogP contribution in [-0.4, -0.2) is 53.5 Å². The van der Waals surface area contributed by atoms with Crippen molar-refractivity contribution in [3.05, 3.63) is 0 Å². The SMILES string of the molecule is CC(C)(C)OC(=O)N1CCC(NC(CCO)C(C)(C)C)C1. The number of nitrogens with one attached hydrogen (secondary N) is 1. The fraction of sp³-hybridized carbons (Fsp3) is 0.938. The van der Waals surface area contributed by atoms with Gasteiger partial charge in [-0.05, 0) is 39.0 Å². The molecular weight excluding hydrogens is 268 g/mol. The summed E-state index contributed by atoms with van der Waals surface area (Å²) in [4.78, 5) is 13.8. The topological polar surface area (TPSA) is 61.8 Å². The molecule has 5 nitrogen and oxygen atoms in total. The van der Waals surface area contributed by atoms with Gasteiger partial charge in [0, 0.05) is 31.8 Å². The van der Waals surface area contributed by atoms with Crippen LogP contribution in [-0.2, 0) is 4.74 Å². The number of ether oxygens (including phenoxy) is 1. The summed E-state index contributed by atoms with van der Waals surface area (Å²) in [5, 5.41) is 12.8. The van der Waals surface area contributed by atoms with Crippen molar-refractivity contribution in [1.29, 1.82) is 0 Å². The second-order valence-corrected chi connectivity index (χ2v) is 8.01. The van der Waals surface area contributed by atoms with Crippen molar-refractivity contribution >= 4 is 6.09 Å². The van der Waals surface area contributed by atoms with Crippen LogP contribution in [0.1, 0.15) is 54.4 Å². The summed E-state index contributed by atoms with van der Waals surface area (Å²) < 4.78 is 5.41. The molecular formula is C16H32N2O3. The van der Waals surface area contributed by atoms with Gasteiger partial charge in [0.25, 0.3) is 0 Å². The summed E-state index contributed by atoms with van der Waals surface area (Å²) in [6.07, 6.45) is 1.42. The summed E-state index contributed by atoms with van der Waals surface area (Å²) in [7, 11) is 0. The van der Waals surface area contributed by atoms with E-state index < -0.39 is 5.60 Å². The Balaban J connectivity index is 2.52. The minimum absolute atomic E-state index is 0.0854. The van der Waals surface area contributed by atoms with Crippen LogP contribution in [0.4, 0.5) is 4.79 Å². The van der Waals surface area contributed by atoms with E-state index in [9.17, 15) is 9.90 Å². The van der Waals surface area contributed by atoms with E-state index in [0.717, 1.165) is 19.4 Å². The molecule has 1 aliphatic heterocycles. The van der Waals surface area contributed by atoms with Gasteiger partial charge in [0.2, 0.25) is 0 Å². The summed E-state index contributed by atoms with van der Waals surface area (Å²) >= 11 is 0. The summed E-state index contributed by atoms with van der Waals surface area (Å²) in [6.45, 7) is 13.7. The van der Waals surface area contributed by atoms with Gasteiger partial charge in [0.1, 0.15) is 5.60 Å². The van der Waals surface area contributed by atoms with Crippen molar-refractivity contribution < 1.29 is 14.6 Å². The first kappa shape index (κ1) is 18.2. The van der Waals surface area contributed by atoms with Crippen molar-refractivity contribution in [1.82, 2.24) is 10.2 Å². The largest absolute Gasteiger partial charge is 0.444 e. The third kappa shape index (κ3) is 6.22. The lowest BCUT2D eigenvalue weighted by Crippen LogP contribution is -2.47. The van der Waals surface area contributed by atoms with E-state index in [4.69, 9.17) is 4.74 Å². The maximum Gasteiger partial charge on any atom is 0.410 e. The van der Waals surface area contributed by atoms with Crippen LogP contribution in [0.15, 0.2) is 0 Å². The number of aliphatic hydroxyl groups excluding tert-OH is 1. The lowest BCUT2D eigenvalue weighted by atomic mass is 9.84. The standard InChI is InChI=1S/C16H32N2O3/c1-15(2,3)13(8-10-19)17-12-7-9-18(11-12)14(20)21-16(4,5)6/h12-13,17,19H,7-11H2,1-6H3. The molecule has 1 fully saturated rings. The maximum atomic E-state index is 12.1. The Morgan fingerprint density at radius 1 is 1.33 bits per heavy atom. The zero-order chi connectivity index (χ0) is 16.3. The Morgan fingerprint density at radius 3 is 2.43 bits per heavy atom. The smallest absolute Gasteiger partial charge is 0.410 e. The Hall–Kier alpha value is -0.810. The molecule has 0 radical (unpaired) electrons. The normalized spacial score (nSPS) is 21.5. The van der Waals surface area contributed by atoms with Gasteiger partial charge in [0.15, 0.2) is 0 Å². The number of hydrogen-bond donors (Lipinski definition) is 2. The van der Waals surface area contributed by atoms with Gasteiger partial charge in [0.05, 0.1) is 0 Å². The highest BCUT2D eigenvalue weighted by Crippen LogP contribution is 2.24. The van der Waals surface area contributed by atoms with Crippen molar-refractivity contribution in [3.63, 3.8) is 0 Å². The molecule has 1 heterocycles. The molecule has 0 aliphatic carbocycles. The molecule has 2 unspecified atom stereocenters. The maximum absolute atomic E-state index is 12.1. The molecule has 0 aromatic carbocycles. The van der Waals surface area contributed by atoms with E-state index >= 15 is 0 Å². The number of hydrogen-bond acceptors (Lipinski definition) is 4. The van der Waals surface area contributed by atoms with Crippen LogP contribution in [0, 0.1) is 5.41 Å². The number of carbonyl (C=O) groups excluding carboxylic acids is 1. The lowest BCUT2D eigenvalue weighted by molar-refractivity contribution is 0.0289. The Bertz CT molecular complexity index is 344. The van der Waals surface area contributed by atoms with Crippen molar-refractivity contribution in [2.75, 3.05) is 19.7 Å². The van der Waals surface area contributed by atoms with Crippen LogP contribution in [0.25, 0.3) is 0 Å². The van der Waals surface area contributed by atoms with E-state index in [1.54, 1.807) is 4.90 Å². The van der Waals surface area contributed by atoms with Crippen LogP contribution < -0.4 is 5.32 Å². The van der Waals surface area contributed by atoms with E-state index in [-0.39, 0.29) is 30.2 Å². The zero-order valence-corrected chi connectivity index (χ0v) is 14.4. The number of likely N-dealkylation sites (tertiary alicyclic amines) is 1. The van der Waals surface area contributed by atoms with E-state index in [2.05, 4.69) is 26.1 Å². The van der Waals surface area contributed by atoms with Gasteiger partial charge in [-0.2, -0.15) is 0 Å². The van der Waals surface area contributed by atoms with Gasteiger partial charge < -0.3 is 20.1 Å². The first-order chi connectivity index (χ1) is 9.53. The predicted octanol–water partition coefficient (Wildman–Crippen LogP) is 2.38. The monoisotopic (exact) mass is 300 g/mol. The fourth-order valence-corrected chi connectivity index (χ4v) is 2.57. The highest BCUT2D eigenvalue weighted by Gasteiger charge is 2.33. The van der Waals surface area contributed by atoms with Crippen LogP contribution in [0.2, 0.25) is 0 Å². The molecule has 0 bridgehead atoms. The third-order valence-electron chi connectivity index (χ3n) is 3.74. The molecule has 1 aliphatic rings. The fourth-order valence-electron chi connectivity index (χ4n) is 2.57. The van der Waals surface area contributed by atoms with E-state index in [1.807, 2.05) is 20.8 Å². The molecule has 0 saturated carbocycles. The van der Waals surface area contributed by atoms with Crippen molar-refractivity contribution in [2.24, 2.45) is 5.41 Å². The van der Waals surface area contributed by atoms with Gasteiger partial charge in [-0.15, -0.1) is 0 Å². The predicted molar refractivity (Wildman–Crippen MR) is 84.3 cm³/mol. The number of nitrogens with zero attached hydrogens (tertiary/aromatic N) is 1. The number of aliphatic hydroxyl groups is 1. The average molecular weight is 300 g/mol. The molecule has 2 atom stereocenters. The molecule has 0 aromatic rings. The molecule has 21 heavy (non-hydrogen) atoms. The molecule has 1 saturated heterocycles. The van der Waals surface area contributed by atoms with Crippen LogP contribution >= 0.6 is 0 Å². The lowest BCUT2D eigenvalue weighted by Gasteiger charge is -2.33. The average Bonchev–Trinajstić information content (AvgIpc) is 2.73. The minimum atomic E-state index is -0.451. The van der Waals surface area contributed by atoms with Gasteiger partial charge in [-0.25, -0.2) is 4.79 Å². The Labute approximate surface area is 129 Å². The van der Waals surface area contributed by atoms with Gasteiger partial charge >= 0.3 is 6.09 Å². The quantitative estimate of drug-likeness (QED) is 0.837. The highest BCUT2D eigenvalue weighted by molar-refractivity contribution is 5.68. The molecule has 1 amide bonds. The number of amides is 1. The van der Waals surface area contributed by atoms with E-state index in [0.29, 0.717) is 6.54 Å². The van der Waals surface area contributed by atoms with Gasteiger partial charge in [-0.3, -0.25) is 0 Å². The van der Waals surface area contributed by atoms with Gasteiger partial charge in [-0.1, -0.05) is 20.8 Å². The number of carbonyl (C=O) groups is 1. The molecule has 2 N–H and O–H groups in total. The summed E-state index contributed by atoms with van der Waals surface area (Å²) in [5.41, 5.74) is -0.366. The molecule has 0 aromatic heterocycles. The highest BCUT2D eigenvalue weighted by atomic mass is 16.6. The number of rotatable bonds is 4. The zero-order valence-electron chi connectivity index (χ0n) is 14.4. The molecule has 1 rings (SSSR count). The summed E-state index contributed by atoms with van der Waals surface area (Å²) in [6, 6.07) is 0.513. The molecule has 124 valence electrons. The second kappa shape index (κ2) is 6.97. The van der Waals surface area contributed by atoms with Crippen LogP contribution in [0.3, 0.4) is 0 Å². The Morgan fingerprint density at radius 2 is 1.95 bits per heavy atom. The first-order valence-electron chi connectivity index (χ1n) is 7.88. The van der Waals surface area contributed by atoms with Crippen molar-refractivity contribution in [2.45, 2.75) is 72.1 Å².